The van der Waals surface area contributed by atoms with Crippen LogP contribution in [0.25, 0.3) is 0 Å². The van der Waals surface area contributed by atoms with Crippen molar-refractivity contribution in [2.24, 2.45) is 17.2 Å². The maximum absolute atomic E-state index is 5.43. The van der Waals surface area contributed by atoms with E-state index in [9.17, 15) is 0 Å². The first-order chi connectivity index (χ1) is 5.91. The summed E-state index contributed by atoms with van der Waals surface area (Å²) in [5, 5.41) is 0. The minimum absolute atomic E-state index is 0.404. The van der Waals surface area contributed by atoms with Crippen LogP contribution in [0.3, 0.4) is 0 Å². The van der Waals surface area contributed by atoms with E-state index < -0.39 is 41.4 Å². The predicted octanol–water partition coefficient (Wildman–Crippen LogP) is -1.06. The summed E-state index contributed by atoms with van der Waals surface area (Å²) in [7, 11) is 0. The second kappa shape index (κ2) is 6.99. The molecule has 0 rings (SSSR count). The van der Waals surface area contributed by atoms with E-state index in [1.54, 1.807) is 20.8 Å². The van der Waals surface area contributed by atoms with Gasteiger partial charge in [0.25, 0.3) is 0 Å². The zero-order valence-corrected chi connectivity index (χ0v) is 11.6. The Morgan fingerprint density at radius 2 is 1.00 bits per heavy atom. The van der Waals surface area contributed by atoms with Crippen LogP contribution < -0.4 is 17.2 Å². The van der Waals surface area contributed by atoms with Gasteiger partial charge in [-0.1, -0.05) is 0 Å². The van der Waals surface area contributed by atoms with Gasteiger partial charge >= 0.3 is 88.0 Å². The molecular weight excluding hydrogens is 277 g/mol. The fraction of sp³-hybridized carbons (Fsp3) is 1.00. The summed E-state index contributed by atoms with van der Waals surface area (Å²) in [5.41, 5.74) is 16.3. The van der Waals surface area contributed by atoms with Crippen LogP contribution in [0.4, 0.5) is 0 Å². The summed E-state index contributed by atoms with van der Waals surface area (Å²) < 4.78 is 15.8. The van der Waals surface area contributed by atoms with Gasteiger partial charge in [0, 0.05) is 0 Å². The Balaban J connectivity index is 3.87. The molecule has 78 valence electrons. The van der Waals surface area contributed by atoms with Gasteiger partial charge < -0.3 is 0 Å². The van der Waals surface area contributed by atoms with E-state index in [-0.39, 0.29) is 0 Å². The van der Waals surface area contributed by atoms with Crippen LogP contribution in [-0.2, 0) is 8.56 Å². The van der Waals surface area contributed by atoms with Crippen LogP contribution in [0.15, 0.2) is 0 Å². The van der Waals surface area contributed by atoms with Crippen LogP contribution in [0.2, 0.25) is 0 Å². The Morgan fingerprint density at radius 3 is 1.15 bits per heavy atom. The summed E-state index contributed by atoms with van der Waals surface area (Å²) >= 11 is -2.98. The molecule has 0 aromatic rings. The van der Waals surface area contributed by atoms with Gasteiger partial charge in [0.15, 0.2) is 0 Å². The third kappa shape index (κ3) is 8.95. The molecule has 0 aliphatic rings. The van der Waals surface area contributed by atoms with E-state index in [2.05, 4.69) is 0 Å². The number of rotatable bonds is 6. The Hall–Kier alpha value is 0.630. The molecule has 0 heterocycles. The van der Waals surface area contributed by atoms with E-state index >= 15 is 0 Å². The molecule has 0 aliphatic heterocycles. The first-order valence-corrected chi connectivity index (χ1v) is 8.18. The van der Waals surface area contributed by atoms with E-state index in [0.717, 1.165) is 0 Å². The topological polar surface area (TPSA) is 106 Å². The Kier molecular flexibility index (Phi) is 7.33. The van der Waals surface area contributed by atoms with Crippen molar-refractivity contribution in [2.75, 3.05) is 0 Å². The molecule has 0 aliphatic carbocycles. The Labute approximate surface area is 88.0 Å². The molecule has 0 aromatic carbocycles. The summed E-state index contributed by atoms with van der Waals surface area (Å²) in [4.78, 5) is 0. The first-order valence-electron chi connectivity index (χ1n) is 4.15. The van der Waals surface area contributed by atoms with Crippen molar-refractivity contribution in [3.63, 3.8) is 0 Å². The molecule has 0 radical (unpaired) electrons. The van der Waals surface area contributed by atoms with Crippen molar-refractivity contribution in [2.45, 2.75) is 39.5 Å². The molecule has 6 nitrogen and oxygen atoms in total. The van der Waals surface area contributed by atoms with Gasteiger partial charge in [-0.15, -0.1) is 0 Å². The molecule has 7 heteroatoms. The summed E-state index contributed by atoms with van der Waals surface area (Å²) in [5.74, 6) is 0. The van der Waals surface area contributed by atoms with Gasteiger partial charge in [0.05, 0.1) is 0 Å². The van der Waals surface area contributed by atoms with Crippen LogP contribution in [-0.4, -0.2) is 41.4 Å². The zero-order chi connectivity index (χ0) is 10.4. The van der Waals surface area contributed by atoms with Crippen LogP contribution in [0.1, 0.15) is 20.8 Å². The Bertz CT molecular complexity index is 111. The fourth-order valence-electron chi connectivity index (χ4n) is 0.622. The van der Waals surface area contributed by atoms with Crippen LogP contribution in [0.5, 0.6) is 0 Å². The molecule has 6 N–H and O–H groups in total. The van der Waals surface area contributed by atoms with Gasteiger partial charge in [0.2, 0.25) is 0 Å². The molecule has 3 atom stereocenters. The molecule has 13 heavy (non-hydrogen) atoms. The van der Waals surface area contributed by atoms with Gasteiger partial charge in [0.1, 0.15) is 0 Å². The quantitative estimate of drug-likeness (QED) is 0.539. The molecule has 0 fully saturated rings. The second-order valence-electron chi connectivity index (χ2n) is 2.81. The number of nitrogens with two attached hydrogens (primary N) is 3. The second-order valence-corrected chi connectivity index (χ2v) is 6.79. The Morgan fingerprint density at radius 1 is 0.769 bits per heavy atom. The number of hydrogen-bond acceptors (Lipinski definition) is 6. The summed E-state index contributed by atoms with van der Waals surface area (Å²) in [6.45, 7) is 5.12. The average molecular weight is 295 g/mol. The van der Waals surface area contributed by atoms with Crippen LogP contribution >= 0.6 is 0 Å². The molecule has 0 spiro atoms. The van der Waals surface area contributed by atoms with Gasteiger partial charge in [-0.2, -0.15) is 0 Å². The van der Waals surface area contributed by atoms with Crippen molar-refractivity contribution < 1.29 is 8.56 Å². The molecule has 0 saturated carbocycles. The zero-order valence-electron chi connectivity index (χ0n) is 8.27. The van der Waals surface area contributed by atoms with Crippen molar-refractivity contribution >= 4 is 22.7 Å². The van der Waals surface area contributed by atoms with E-state index in [1.807, 2.05) is 0 Å². The monoisotopic (exact) mass is 295 g/mol. The van der Waals surface area contributed by atoms with Gasteiger partial charge in [-0.3, -0.25) is 0 Å². The van der Waals surface area contributed by atoms with Crippen LogP contribution in [0, 0.1) is 0 Å². The third-order valence-electron chi connectivity index (χ3n) is 0.977. The molecule has 0 aromatic heterocycles. The van der Waals surface area contributed by atoms with Crippen molar-refractivity contribution in [1.29, 1.82) is 0 Å². The first kappa shape index (κ1) is 13.6. The predicted molar refractivity (Wildman–Crippen MR) is 50.0 cm³/mol. The molecule has 0 bridgehead atoms. The SMILES string of the molecule is CC(N)[O][In]([O]C(C)N)[O]C(C)N. The van der Waals surface area contributed by atoms with Gasteiger partial charge in [-0.25, -0.2) is 0 Å². The average Bonchev–Trinajstić information content (AvgIpc) is 1.80. The maximum atomic E-state index is 5.43. The van der Waals surface area contributed by atoms with E-state index in [0.29, 0.717) is 0 Å². The molecular formula is C6H18InN3O3. The third-order valence-corrected chi connectivity index (χ3v) is 6.56. The summed E-state index contributed by atoms with van der Waals surface area (Å²) in [6, 6.07) is 0. The minimum atomic E-state index is -2.98. The molecule has 0 amide bonds. The fourth-order valence-corrected chi connectivity index (χ4v) is 4.17. The van der Waals surface area contributed by atoms with Gasteiger partial charge in [-0.05, 0) is 0 Å². The van der Waals surface area contributed by atoms with E-state index in [4.69, 9.17) is 25.8 Å². The standard InChI is InChI=1S/3C2H6NO.In/c3*1-2(3)4;/h3*2H,3H2,1H3;/q3*-1;+3. The van der Waals surface area contributed by atoms with Crippen molar-refractivity contribution in [3.8, 4) is 0 Å². The normalized spacial score (nSPS) is 18.0. The van der Waals surface area contributed by atoms with Crippen molar-refractivity contribution in [1.82, 2.24) is 0 Å². The van der Waals surface area contributed by atoms with Crippen molar-refractivity contribution in [3.05, 3.63) is 0 Å². The summed E-state index contributed by atoms with van der Waals surface area (Å²) in [6.07, 6.45) is -1.21. The molecule has 3 unspecified atom stereocenters. The van der Waals surface area contributed by atoms with E-state index in [1.165, 1.54) is 0 Å². The number of hydrogen-bond donors (Lipinski definition) is 3. The molecule has 0 saturated heterocycles.